The molecule has 1 amide bonds. The number of hydrogen-bond donors (Lipinski definition) is 2. The highest BCUT2D eigenvalue weighted by Gasteiger charge is 2.35. The van der Waals surface area contributed by atoms with Crippen molar-refractivity contribution in [1.29, 1.82) is 0 Å². The highest BCUT2D eigenvalue weighted by molar-refractivity contribution is 5.87. The van der Waals surface area contributed by atoms with E-state index in [1.54, 1.807) is 33.8 Å². The van der Waals surface area contributed by atoms with Gasteiger partial charge in [-0.15, -0.1) is 0 Å². The number of alkyl halides is 2. The van der Waals surface area contributed by atoms with Gasteiger partial charge >= 0.3 is 12.1 Å². The summed E-state index contributed by atoms with van der Waals surface area (Å²) in [4.78, 5) is 32.9. The van der Waals surface area contributed by atoms with Crippen LogP contribution in [0.1, 0.15) is 69.6 Å². The van der Waals surface area contributed by atoms with Gasteiger partial charge in [0.2, 0.25) is 5.92 Å². The van der Waals surface area contributed by atoms with E-state index in [4.69, 9.17) is 9.47 Å². The predicted molar refractivity (Wildman–Crippen MR) is 119 cm³/mol. The molecule has 1 aliphatic carbocycles. The number of anilines is 1. The number of hydrogen-bond acceptors (Lipinski definition) is 8. The first-order chi connectivity index (χ1) is 15.9. The molecule has 0 saturated heterocycles. The Bertz CT molecular complexity index is 1010. The van der Waals surface area contributed by atoms with Crippen molar-refractivity contribution >= 4 is 17.9 Å². The zero-order chi connectivity index (χ0) is 24.9. The van der Waals surface area contributed by atoms with Crippen molar-refractivity contribution in [3.63, 3.8) is 0 Å². The Hall–Kier alpha value is -3.31. The van der Waals surface area contributed by atoms with Crippen LogP contribution in [-0.2, 0) is 16.0 Å². The van der Waals surface area contributed by atoms with Crippen LogP contribution < -0.4 is 10.6 Å². The van der Waals surface area contributed by atoms with Gasteiger partial charge in [0, 0.05) is 31.1 Å². The molecule has 0 atom stereocenters. The molecule has 2 aromatic heterocycles. The van der Waals surface area contributed by atoms with E-state index in [2.05, 4.69) is 25.7 Å². The number of nitrogens with one attached hydrogen (secondary N) is 2. The fourth-order valence-corrected chi connectivity index (χ4v) is 3.37. The molecule has 3 rings (SSSR count). The van der Waals surface area contributed by atoms with Crippen LogP contribution in [0.3, 0.4) is 0 Å². The Labute approximate surface area is 196 Å². The molecule has 1 fully saturated rings. The molecule has 1 aliphatic rings. The van der Waals surface area contributed by atoms with Gasteiger partial charge in [0.05, 0.1) is 18.8 Å². The summed E-state index contributed by atoms with van der Waals surface area (Å²) >= 11 is 0. The third-order valence-electron chi connectivity index (χ3n) is 4.93. The molecule has 0 aliphatic heterocycles. The first-order valence-electron chi connectivity index (χ1n) is 11.2. The fraction of sp³-hybridized carbons (Fsp3) is 0.591. The lowest BCUT2D eigenvalue weighted by atomic mass is 9.92. The summed E-state index contributed by atoms with van der Waals surface area (Å²) in [5, 5.41) is 9.99. The van der Waals surface area contributed by atoms with Crippen molar-refractivity contribution < 1.29 is 27.8 Å². The minimum Gasteiger partial charge on any atom is -0.461 e. The van der Waals surface area contributed by atoms with Crippen LogP contribution >= 0.6 is 0 Å². The Morgan fingerprint density at radius 1 is 1.24 bits per heavy atom. The van der Waals surface area contributed by atoms with Gasteiger partial charge < -0.3 is 20.1 Å². The monoisotopic (exact) mass is 480 g/mol. The summed E-state index contributed by atoms with van der Waals surface area (Å²) in [5.41, 5.74) is -0.130. The molecule has 1 saturated carbocycles. The second-order valence-corrected chi connectivity index (χ2v) is 9.04. The molecular formula is C22H30F2N6O4. The summed E-state index contributed by atoms with van der Waals surface area (Å²) in [5.74, 6) is -2.68. The number of rotatable bonds is 7. The standard InChI is InChI=1S/C22H30F2N6O4/c1-5-33-18(31)16-8-11-30(29-16)19-27-15(13-25-20(32)34-21(2,3)4)12-17(28-19)26-14-6-9-22(23,24)10-7-14/h8,11-12,14H,5-7,9-10,13H2,1-4H3,(H,25,32)(H,26,27,28). The van der Waals surface area contributed by atoms with Gasteiger partial charge in [-0.3, -0.25) is 0 Å². The largest absolute Gasteiger partial charge is 0.461 e. The number of esters is 1. The SMILES string of the molecule is CCOC(=O)c1ccn(-c2nc(CNC(=O)OC(C)(C)C)cc(NC3CCC(F)(F)CC3)n2)n1. The average molecular weight is 481 g/mol. The lowest BCUT2D eigenvalue weighted by Gasteiger charge is -2.29. The van der Waals surface area contributed by atoms with Gasteiger partial charge in [-0.2, -0.15) is 10.1 Å². The zero-order valence-electron chi connectivity index (χ0n) is 19.7. The second kappa shape index (κ2) is 10.3. The van der Waals surface area contributed by atoms with E-state index in [0.717, 1.165) is 0 Å². The number of carbonyl (C=O) groups excluding carboxylic acids is 2. The Balaban J connectivity index is 1.81. The highest BCUT2D eigenvalue weighted by atomic mass is 19.3. The minimum atomic E-state index is -2.64. The Kier molecular flexibility index (Phi) is 7.68. The van der Waals surface area contributed by atoms with Gasteiger partial charge in [0.15, 0.2) is 5.69 Å². The molecule has 2 N–H and O–H groups in total. The molecule has 12 heteroatoms. The molecule has 34 heavy (non-hydrogen) atoms. The van der Waals surface area contributed by atoms with Gasteiger partial charge in [-0.05, 0) is 46.6 Å². The Morgan fingerprint density at radius 3 is 2.59 bits per heavy atom. The lowest BCUT2D eigenvalue weighted by Crippen LogP contribution is -2.33. The van der Waals surface area contributed by atoms with Gasteiger partial charge in [0.1, 0.15) is 11.4 Å². The molecule has 2 aromatic rings. The summed E-state index contributed by atoms with van der Waals surface area (Å²) in [6.07, 6.45) is 1.10. The van der Waals surface area contributed by atoms with E-state index < -0.39 is 23.6 Å². The van der Waals surface area contributed by atoms with Crippen LogP contribution in [0.4, 0.5) is 19.4 Å². The van der Waals surface area contributed by atoms with Crippen molar-refractivity contribution in [1.82, 2.24) is 25.1 Å². The minimum absolute atomic E-state index is 0.0356. The molecule has 0 unspecified atom stereocenters. The smallest absolute Gasteiger partial charge is 0.407 e. The van der Waals surface area contributed by atoms with E-state index in [9.17, 15) is 18.4 Å². The predicted octanol–water partition coefficient (Wildman–Crippen LogP) is 3.85. The van der Waals surface area contributed by atoms with Gasteiger partial charge in [-0.25, -0.2) is 28.0 Å². The Morgan fingerprint density at radius 2 is 1.94 bits per heavy atom. The molecule has 0 radical (unpaired) electrons. The molecule has 0 bridgehead atoms. The maximum Gasteiger partial charge on any atom is 0.407 e. The summed E-state index contributed by atoms with van der Waals surface area (Å²) in [6.45, 7) is 7.20. The number of halogens is 2. The molecular weight excluding hydrogens is 450 g/mol. The van der Waals surface area contributed by atoms with Crippen molar-refractivity contribution in [3.05, 3.63) is 29.7 Å². The lowest BCUT2D eigenvalue weighted by molar-refractivity contribution is -0.0361. The number of carbonyl (C=O) groups is 2. The summed E-state index contributed by atoms with van der Waals surface area (Å²) in [7, 11) is 0. The molecule has 0 spiro atoms. The first kappa shape index (κ1) is 25.3. The van der Waals surface area contributed by atoms with Crippen molar-refractivity contribution in [2.24, 2.45) is 0 Å². The van der Waals surface area contributed by atoms with Crippen molar-refractivity contribution in [2.75, 3.05) is 11.9 Å². The number of alkyl carbamates (subject to hydrolysis) is 1. The van der Waals surface area contributed by atoms with Crippen LogP contribution in [0.15, 0.2) is 18.3 Å². The van der Waals surface area contributed by atoms with Crippen LogP contribution in [0.5, 0.6) is 0 Å². The number of aromatic nitrogens is 4. The van der Waals surface area contributed by atoms with Crippen molar-refractivity contribution in [3.8, 4) is 5.95 Å². The maximum atomic E-state index is 13.5. The van der Waals surface area contributed by atoms with Gasteiger partial charge in [0.25, 0.3) is 5.95 Å². The number of amides is 1. The van der Waals surface area contributed by atoms with E-state index in [1.807, 2.05) is 0 Å². The normalized spacial score (nSPS) is 16.1. The topological polar surface area (TPSA) is 120 Å². The number of nitrogens with zero attached hydrogens (tertiary/aromatic N) is 4. The van der Waals surface area contributed by atoms with Crippen LogP contribution in [0.25, 0.3) is 5.95 Å². The molecule has 186 valence electrons. The molecule has 2 heterocycles. The maximum absolute atomic E-state index is 13.5. The van der Waals surface area contributed by atoms with E-state index in [1.165, 1.54) is 16.9 Å². The quantitative estimate of drug-likeness (QED) is 0.574. The van der Waals surface area contributed by atoms with E-state index >= 15 is 0 Å². The van der Waals surface area contributed by atoms with Crippen molar-refractivity contribution in [2.45, 2.75) is 77.5 Å². The molecule has 10 nitrogen and oxygen atoms in total. The van der Waals surface area contributed by atoms with Gasteiger partial charge in [-0.1, -0.05) is 0 Å². The van der Waals surface area contributed by atoms with E-state index in [0.29, 0.717) is 24.4 Å². The summed E-state index contributed by atoms with van der Waals surface area (Å²) in [6, 6.07) is 2.92. The molecule has 0 aromatic carbocycles. The third kappa shape index (κ3) is 7.35. The zero-order valence-corrected chi connectivity index (χ0v) is 19.7. The van der Waals surface area contributed by atoms with Crippen LogP contribution in [-0.4, -0.2) is 56.0 Å². The average Bonchev–Trinajstić information content (AvgIpc) is 3.23. The van der Waals surface area contributed by atoms with Crippen LogP contribution in [0, 0.1) is 0 Å². The fourth-order valence-electron chi connectivity index (χ4n) is 3.37. The first-order valence-corrected chi connectivity index (χ1v) is 11.2. The highest BCUT2D eigenvalue weighted by Crippen LogP contribution is 2.34. The third-order valence-corrected chi connectivity index (χ3v) is 4.93. The summed E-state index contributed by atoms with van der Waals surface area (Å²) < 4.78 is 38.6. The van der Waals surface area contributed by atoms with E-state index in [-0.39, 0.29) is 43.7 Å². The van der Waals surface area contributed by atoms with Crippen LogP contribution in [0.2, 0.25) is 0 Å². The second-order valence-electron chi connectivity index (χ2n) is 9.04. The number of ether oxygens (including phenoxy) is 2.